The number of hydrogen-bond acceptors (Lipinski definition) is 3. The largest absolute Gasteiger partial charge is 0.351 e. The average molecular weight is 398 g/mol. The molecule has 0 radical (unpaired) electrons. The zero-order chi connectivity index (χ0) is 11.7. The lowest BCUT2D eigenvalue weighted by Crippen LogP contribution is -2.35. The molecule has 1 aliphatic heterocycles. The molecule has 6 heteroatoms. The highest BCUT2D eigenvalue weighted by molar-refractivity contribution is 14.1. The van der Waals surface area contributed by atoms with Crippen LogP contribution in [0.5, 0.6) is 0 Å². The lowest BCUT2D eigenvalue weighted by Gasteiger charge is -2.26. The van der Waals surface area contributed by atoms with Crippen LogP contribution in [0.25, 0.3) is 0 Å². The maximum absolute atomic E-state index is 11.5. The SMILES string of the molecule is CC1CCN(c2nc[nH]c(=O)c2I)C1CBr. The van der Waals surface area contributed by atoms with Crippen molar-refractivity contribution in [2.24, 2.45) is 5.92 Å². The smallest absolute Gasteiger partial charge is 0.266 e. The second-order valence-electron chi connectivity index (χ2n) is 4.05. The Morgan fingerprint density at radius 1 is 1.75 bits per heavy atom. The van der Waals surface area contributed by atoms with Gasteiger partial charge in [-0.2, -0.15) is 0 Å². The van der Waals surface area contributed by atoms with Gasteiger partial charge in [0.25, 0.3) is 5.56 Å². The molecule has 1 fully saturated rings. The highest BCUT2D eigenvalue weighted by Gasteiger charge is 2.32. The second-order valence-corrected chi connectivity index (χ2v) is 5.78. The third-order valence-electron chi connectivity index (χ3n) is 3.09. The molecule has 0 aliphatic carbocycles. The number of nitrogens with one attached hydrogen (secondary N) is 1. The fraction of sp³-hybridized carbons (Fsp3) is 0.600. The zero-order valence-electron chi connectivity index (χ0n) is 8.91. The van der Waals surface area contributed by atoms with Crippen LogP contribution < -0.4 is 10.5 Å². The highest BCUT2D eigenvalue weighted by Crippen LogP contribution is 2.30. The van der Waals surface area contributed by atoms with Crippen molar-refractivity contribution in [1.82, 2.24) is 9.97 Å². The topological polar surface area (TPSA) is 49.0 Å². The van der Waals surface area contributed by atoms with Crippen molar-refractivity contribution in [3.05, 3.63) is 20.3 Å². The van der Waals surface area contributed by atoms with Crippen molar-refractivity contribution >= 4 is 44.3 Å². The molecule has 1 N–H and O–H groups in total. The van der Waals surface area contributed by atoms with Crippen LogP contribution >= 0.6 is 38.5 Å². The van der Waals surface area contributed by atoms with E-state index in [1.165, 1.54) is 6.33 Å². The van der Waals surface area contributed by atoms with Crippen LogP contribution in [0.2, 0.25) is 0 Å². The van der Waals surface area contributed by atoms with E-state index < -0.39 is 0 Å². The fourth-order valence-corrected chi connectivity index (χ4v) is 3.67. The third kappa shape index (κ3) is 2.13. The highest BCUT2D eigenvalue weighted by atomic mass is 127. The van der Waals surface area contributed by atoms with Crippen molar-refractivity contribution in [2.45, 2.75) is 19.4 Å². The van der Waals surface area contributed by atoms with Crippen LogP contribution in [0.15, 0.2) is 11.1 Å². The van der Waals surface area contributed by atoms with Crippen LogP contribution in [0.1, 0.15) is 13.3 Å². The van der Waals surface area contributed by atoms with Crippen LogP contribution in [-0.2, 0) is 0 Å². The Morgan fingerprint density at radius 2 is 2.50 bits per heavy atom. The molecule has 88 valence electrons. The number of hydrogen-bond donors (Lipinski definition) is 1. The Morgan fingerprint density at radius 3 is 3.19 bits per heavy atom. The number of alkyl halides is 1. The van der Waals surface area contributed by atoms with Gasteiger partial charge in [-0.3, -0.25) is 4.79 Å². The summed E-state index contributed by atoms with van der Waals surface area (Å²) in [6.45, 7) is 3.22. The monoisotopic (exact) mass is 397 g/mol. The van der Waals surface area contributed by atoms with Crippen molar-refractivity contribution in [2.75, 3.05) is 16.8 Å². The van der Waals surface area contributed by atoms with E-state index in [2.05, 4.69) is 60.3 Å². The minimum atomic E-state index is -0.0570. The molecule has 2 atom stereocenters. The summed E-state index contributed by atoms with van der Waals surface area (Å²) in [5, 5.41) is 0.915. The molecular formula is C10H13BrIN3O. The van der Waals surface area contributed by atoms with Gasteiger partial charge in [0, 0.05) is 17.9 Å². The van der Waals surface area contributed by atoms with E-state index in [0.29, 0.717) is 15.5 Å². The standard InChI is InChI=1S/C10H13BrIN3O/c1-6-2-3-15(7(6)4-11)9-8(12)10(16)14-5-13-9/h5-7H,2-4H2,1H3,(H,13,14,16). The number of H-pyrrole nitrogens is 1. The van der Waals surface area contributed by atoms with E-state index >= 15 is 0 Å². The van der Waals surface area contributed by atoms with Crippen molar-refractivity contribution in [3.8, 4) is 0 Å². The maximum atomic E-state index is 11.5. The van der Waals surface area contributed by atoms with E-state index in [1.807, 2.05) is 0 Å². The van der Waals surface area contributed by atoms with Gasteiger partial charge in [0.15, 0.2) is 0 Å². The number of rotatable bonds is 2. The number of halogens is 2. The summed E-state index contributed by atoms with van der Waals surface area (Å²) in [4.78, 5) is 20.7. The maximum Gasteiger partial charge on any atom is 0.266 e. The van der Waals surface area contributed by atoms with Crippen LogP contribution in [0.3, 0.4) is 0 Å². The van der Waals surface area contributed by atoms with Gasteiger partial charge in [0.1, 0.15) is 9.39 Å². The van der Waals surface area contributed by atoms with Gasteiger partial charge < -0.3 is 9.88 Å². The van der Waals surface area contributed by atoms with Gasteiger partial charge in [-0.05, 0) is 34.9 Å². The molecule has 0 bridgehead atoms. The summed E-state index contributed by atoms with van der Waals surface area (Å²) in [6.07, 6.45) is 2.63. The Balaban J connectivity index is 2.37. The zero-order valence-corrected chi connectivity index (χ0v) is 12.7. The van der Waals surface area contributed by atoms with E-state index in [1.54, 1.807) is 0 Å². The lowest BCUT2D eigenvalue weighted by atomic mass is 10.1. The first-order valence-corrected chi connectivity index (χ1v) is 7.41. The molecule has 2 heterocycles. The van der Waals surface area contributed by atoms with Crippen molar-refractivity contribution in [1.29, 1.82) is 0 Å². The number of aromatic amines is 1. The molecule has 1 aromatic rings. The molecule has 16 heavy (non-hydrogen) atoms. The van der Waals surface area contributed by atoms with Gasteiger partial charge in [-0.15, -0.1) is 0 Å². The molecule has 4 nitrogen and oxygen atoms in total. The summed E-state index contributed by atoms with van der Waals surface area (Å²) >= 11 is 5.60. The summed E-state index contributed by atoms with van der Waals surface area (Å²) in [5.74, 6) is 1.45. The van der Waals surface area contributed by atoms with Crippen molar-refractivity contribution in [3.63, 3.8) is 0 Å². The molecule has 1 aliphatic rings. The number of anilines is 1. The van der Waals surface area contributed by atoms with Gasteiger partial charge in [0.05, 0.1) is 6.33 Å². The average Bonchev–Trinajstić information content (AvgIpc) is 2.63. The van der Waals surface area contributed by atoms with E-state index in [-0.39, 0.29) is 5.56 Å². The first-order chi connectivity index (χ1) is 7.65. The van der Waals surface area contributed by atoms with Crippen LogP contribution in [-0.4, -0.2) is 27.9 Å². The summed E-state index contributed by atoms with van der Waals surface area (Å²) < 4.78 is 0.681. The van der Waals surface area contributed by atoms with E-state index in [4.69, 9.17) is 0 Å². The van der Waals surface area contributed by atoms with Crippen LogP contribution in [0.4, 0.5) is 5.82 Å². The summed E-state index contributed by atoms with van der Waals surface area (Å²) in [6, 6.07) is 0.433. The van der Waals surface area contributed by atoms with Crippen molar-refractivity contribution < 1.29 is 0 Å². The molecule has 2 unspecified atom stereocenters. The third-order valence-corrected chi connectivity index (χ3v) is 4.73. The predicted octanol–water partition coefficient (Wildman–Crippen LogP) is 1.98. The Bertz CT molecular complexity index is 436. The molecule has 1 aromatic heterocycles. The predicted molar refractivity (Wildman–Crippen MR) is 76.3 cm³/mol. The van der Waals surface area contributed by atoms with Gasteiger partial charge in [0.2, 0.25) is 0 Å². The van der Waals surface area contributed by atoms with E-state index in [9.17, 15) is 4.79 Å². The molecule has 0 saturated carbocycles. The second kappa shape index (κ2) is 5.03. The Kier molecular flexibility index (Phi) is 3.89. The molecule has 0 amide bonds. The van der Waals surface area contributed by atoms with E-state index in [0.717, 1.165) is 24.1 Å². The van der Waals surface area contributed by atoms with Gasteiger partial charge in [-0.25, -0.2) is 4.98 Å². The molecule has 2 rings (SSSR count). The Hall–Kier alpha value is -0.110. The minimum absolute atomic E-state index is 0.0570. The summed E-state index contributed by atoms with van der Waals surface area (Å²) in [7, 11) is 0. The summed E-state index contributed by atoms with van der Waals surface area (Å²) in [5.41, 5.74) is -0.0570. The Labute approximate surface area is 116 Å². The first kappa shape index (κ1) is 12.3. The fourth-order valence-electron chi connectivity index (χ4n) is 2.08. The van der Waals surface area contributed by atoms with Gasteiger partial charge >= 0.3 is 0 Å². The quantitative estimate of drug-likeness (QED) is 0.613. The molecule has 0 spiro atoms. The lowest BCUT2D eigenvalue weighted by molar-refractivity contribution is 0.552. The molecule has 0 aromatic carbocycles. The number of nitrogens with zero attached hydrogens (tertiary/aromatic N) is 2. The first-order valence-electron chi connectivity index (χ1n) is 5.21. The number of aromatic nitrogens is 2. The van der Waals surface area contributed by atoms with Gasteiger partial charge in [-0.1, -0.05) is 22.9 Å². The minimum Gasteiger partial charge on any atom is -0.351 e. The molecular weight excluding hydrogens is 385 g/mol. The van der Waals surface area contributed by atoms with Crippen LogP contribution in [0, 0.1) is 9.49 Å². The normalized spacial score (nSPS) is 25.1. The molecule has 1 saturated heterocycles.